The summed E-state index contributed by atoms with van der Waals surface area (Å²) in [5.41, 5.74) is 7.47. The fraction of sp³-hybridized carbons (Fsp3) is 0.444. The number of nitrogens with two attached hydrogens (primary N) is 1. The lowest BCUT2D eigenvalue weighted by Crippen LogP contribution is -2.07. The van der Waals surface area contributed by atoms with E-state index < -0.39 is 0 Å². The Morgan fingerprint density at radius 3 is 2.79 bits per heavy atom. The van der Waals surface area contributed by atoms with Gasteiger partial charge in [-0.2, -0.15) is 5.10 Å². The number of rotatable bonds is 4. The summed E-state index contributed by atoms with van der Waals surface area (Å²) in [4.78, 5) is 0. The molecular formula is C9H15ClN4. The van der Waals surface area contributed by atoms with E-state index in [0.717, 1.165) is 17.9 Å². The highest BCUT2D eigenvalue weighted by Gasteiger charge is 2.10. The van der Waals surface area contributed by atoms with Crippen molar-refractivity contribution in [1.29, 1.82) is 0 Å². The van der Waals surface area contributed by atoms with Crippen LogP contribution in [0.5, 0.6) is 0 Å². The predicted octanol–water partition coefficient (Wildman–Crippen LogP) is 1.73. The maximum absolute atomic E-state index is 5.88. The number of hydrogen-bond donors (Lipinski definition) is 2. The Balaban J connectivity index is 2.85. The smallest absolute Gasteiger partial charge is 0.148 e. The Kier molecular flexibility index (Phi) is 3.41. The van der Waals surface area contributed by atoms with E-state index in [4.69, 9.17) is 17.3 Å². The molecule has 0 aliphatic carbocycles. The number of aryl methyl sites for hydroxylation is 2. The van der Waals surface area contributed by atoms with Crippen molar-refractivity contribution in [1.82, 2.24) is 9.78 Å². The van der Waals surface area contributed by atoms with Crippen molar-refractivity contribution in [2.45, 2.75) is 13.3 Å². The molecular weight excluding hydrogens is 200 g/mol. The highest BCUT2D eigenvalue weighted by molar-refractivity contribution is 6.29. The van der Waals surface area contributed by atoms with Crippen LogP contribution in [0.3, 0.4) is 0 Å². The van der Waals surface area contributed by atoms with Crippen LogP contribution in [0.2, 0.25) is 0 Å². The minimum absolute atomic E-state index is 0.494. The van der Waals surface area contributed by atoms with Gasteiger partial charge in [0, 0.05) is 12.1 Å². The van der Waals surface area contributed by atoms with Crippen molar-refractivity contribution >= 4 is 23.1 Å². The van der Waals surface area contributed by atoms with Crippen molar-refractivity contribution in [3.63, 3.8) is 0 Å². The zero-order valence-corrected chi connectivity index (χ0v) is 9.23. The molecule has 0 radical (unpaired) electrons. The van der Waals surface area contributed by atoms with Crippen LogP contribution in [0.1, 0.15) is 12.6 Å². The van der Waals surface area contributed by atoms with Crippen molar-refractivity contribution in [2.75, 3.05) is 17.6 Å². The van der Waals surface area contributed by atoms with Crippen molar-refractivity contribution in [3.8, 4) is 0 Å². The molecule has 1 heterocycles. The molecule has 1 aromatic heterocycles. The molecule has 1 aromatic rings. The van der Waals surface area contributed by atoms with Gasteiger partial charge in [-0.3, -0.25) is 4.68 Å². The van der Waals surface area contributed by atoms with E-state index in [1.807, 2.05) is 14.0 Å². The largest absolute Gasteiger partial charge is 0.394 e. The monoisotopic (exact) mass is 214 g/mol. The molecule has 5 heteroatoms. The van der Waals surface area contributed by atoms with Gasteiger partial charge in [-0.15, -0.1) is 0 Å². The lowest BCUT2D eigenvalue weighted by Gasteiger charge is -2.05. The van der Waals surface area contributed by atoms with E-state index in [1.165, 1.54) is 0 Å². The van der Waals surface area contributed by atoms with Gasteiger partial charge >= 0.3 is 0 Å². The summed E-state index contributed by atoms with van der Waals surface area (Å²) in [6, 6.07) is 0. The normalized spacial score (nSPS) is 10.2. The van der Waals surface area contributed by atoms with Gasteiger partial charge in [0.15, 0.2) is 0 Å². The molecule has 78 valence electrons. The molecule has 14 heavy (non-hydrogen) atoms. The van der Waals surface area contributed by atoms with Gasteiger partial charge in [0.25, 0.3) is 0 Å². The second-order valence-corrected chi connectivity index (χ2v) is 3.59. The Morgan fingerprint density at radius 2 is 2.36 bits per heavy atom. The van der Waals surface area contributed by atoms with Crippen molar-refractivity contribution in [3.05, 3.63) is 17.3 Å². The molecule has 0 spiro atoms. The first kappa shape index (κ1) is 10.9. The first-order valence-corrected chi connectivity index (χ1v) is 4.82. The molecule has 0 aliphatic heterocycles. The fourth-order valence-corrected chi connectivity index (χ4v) is 1.31. The number of aromatic nitrogens is 2. The molecule has 0 aliphatic rings. The molecule has 0 aromatic carbocycles. The molecule has 0 atom stereocenters. The first-order valence-electron chi connectivity index (χ1n) is 4.44. The third-order valence-electron chi connectivity index (χ3n) is 1.94. The quantitative estimate of drug-likeness (QED) is 0.803. The van der Waals surface area contributed by atoms with Gasteiger partial charge in [0.2, 0.25) is 0 Å². The third-order valence-corrected chi connectivity index (χ3v) is 2.08. The van der Waals surface area contributed by atoms with Gasteiger partial charge in [-0.1, -0.05) is 25.1 Å². The van der Waals surface area contributed by atoms with Crippen LogP contribution in [0.25, 0.3) is 0 Å². The molecule has 0 unspecified atom stereocenters. The molecule has 0 amide bonds. The molecule has 4 nitrogen and oxygen atoms in total. The number of nitrogens with one attached hydrogen (secondary N) is 1. The van der Waals surface area contributed by atoms with Gasteiger partial charge in [-0.25, -0.2) is 0 Å². The maximum Gasteiger partial charge on any atom is 0.148 e. The summed E-state index contributed by atoms with van der Waals surface area (Å²) >= 11 is 5.65. The number of nitrogens with zero attached hydrogens (tertiary/aromatic N) is 2. The maximum atomic E-state index is 5.88. The fourth-order valence-electron chi connectivity index (χ4n) is 1.25. The standard InChI is InChI=1S/C9H15ClN4/c1-4-7-8(11)9(14(3)13-7)12-5-6(2)10/h12H,2,4-5,11H2,1,3H3. The Morgan fingerprint density at radius 1 is 1.71 bits per heavy atom. The summed E-state index contributed by atoms with van der Waals surface area (Å²) < 4.78 is 1.72. The van der Waals surface area contributed by atoms with E-state index in [0.29, 0.717) is 17.3 Å². The minimum Gasteiger partial charge on any atom is -0.394 e. The third kappa shape index (κ3) is 2.20. The number of anilines is 2. The average Bonchev–Trinajstić information content (AvgIpc) is 2.39. The summed E-state index contributed by atoms with van der Waals surface area (Å²) in [5.74, 6) is 0.795. The zero-order chi connectivity index (χ0) is 10.7. The van der Waals surface area contributed by atoms with Crippen LogP contribution in [-0.4, -0.2) is 16.3 Å². The predicted molar refractivity (Wildman–Crippen MR) is 60.5 cm³/mol. The molecule has 1 rings (SSSR count). The lowest BCUT2D eigenvalue weighted by atomic mass is 10.3. The van der Waals surface area contributed by atoms with Crippen LogP contribution in [0, 0.1) is 0 Å². The second-order valence-electron chi connectivity index (χ2n) is 3.06. The first-order chi connectivity index (χ1) is 6.56. The van der Waals surface area contributed by atoms with Gasteiger partial charge < -0.3 is 11.1 Å². The Hall–Kier alpha value is -1.16. The molecule has 3 N–H and O–H groups in total. The summed E-state index contributed by atoms with van der Waals surface area (Å²) in [7, 11) is 1.84. The zero-order valence-electron chi connectivity index (χ0n) is 8.47. The van der Waals surface area contributed by atoms with Gasteiger partial charge in [0.1, 0.15) is 5.82 Å². The number of halogens is 1. The molecule has 0 fully saturated rings. The topological polar surface area (TPSA) is 55.9 Å². The van der Waals surface area contributed by atoms with Gasteiger partial charge in [-0.05, 0) is 6.42 Å². The Bertz CT molecular complexity index is 343. The van der Waals surface area contributed by atoms with Crippen LogP contribution >= 0.6 is 11.6 Å². The van der Waals surface area contributed by atoms with E-state index >= 15 is 0 Å². The van der Waals surface area contributed by atoms with Crippen LogP contribution in [-0.2, 0) is 13.5 Å². The number of hydrogen-bond acceptors (Lipinski definition) is 3. The number of nitrogen functional groups attached to an aromatic ring is 1. The SMILES string of the molecule is C=C(Cl)CNc1c(N)c(CC)nn1C. The average molecular weight is 215 g/mol. The van der Waals surface area contributed by atoms with E-state index in [1.54, 1.807) is 4.68 Å². The highest BCUT2D eigenvalue weighted by atomic mass is 35.5. The van der Waals surface area contributed by atoms with Crippen LogP contribution in [0.15, 0.2) is 11.6 Å². The van der Waals surface area contributed by atoms with Crippen molar-refractivity contribution < 1.29 is 0 Å². The van der Waals surface area contributed by atoms with E-state index in [2.05, 4.69) is 17.0 Å². The molecule has 0 bridgehead atoms. The summed E-state index contributed by atoms with van der Waals surface area (Å²) in [5, 5.41) is 7.89. The van der Waals surface area contributed by atoms with Crippen LogP contribution < -0.4 is 11.1 Å². The van der Waals surface area contributed by atoms with E-state index in [9.17, 15) is 0 Å². The van der Waals surface area contributed by atoms with Crippen LogP contribution in [0.4, 0.5) is 11.5 Å². The summed E-state index contributed by atoms with van der Waals surface area (Å²) in [6.45, 7) is 6.10. The minimum atomic E-state index is 0.494. The van der Waals surface area contributed by atoms with Crippen molar-refractivity contribution in [2.24, 2.45) is 7.05 Å². The molecule has 0 saturated heterocycles. The Labute approximate surface area is 88.7 Å². The van der Waals surface area contributed by atoms with Gasteiger partial charge in [0.05, 0.1) is 17.9 Å². The lowest BCUT2D eigenvalue weighted by molar-refractivity contribution is 0.750. The summed E-state index contributed by atoms with van der Waals surface area (Å²) in [6.07, 6.45) is 0.823. The van der Waals surface area contributed by atoms with E-state index in [-0.39, 0.29) is 0 Å². The molecule has 0 saturated carbocycles. The highest BCUT2D eigenvalue weighted by Crippen LogP contribution is 2.22. The second kappa shape index (κ2) is 4.37.